The molecule has 0 saturated carbocycles. The average molecular weight is 396 g/mol. The Morgan fingerprint density at radius 2 is 2.12 bits per heavy atom. The van der Waals surface area contributed by atoms with Crippen LogP contribution in [0.15, 0.2) is 36.7 Å². The van der Waals surface area contributed by atoms with Crippen LogP contribution in [-0.2, 0) is 6.54 Å². The number of anilines is 1. The van der Waals surface area contributed by atoms with Crippen LogP contribution in [0.4, 0.5) is 13.9 Å². The molecule has 1 N–H and O–H groups in total. The summed E-state index contributed by atoms with van der Waals surface area (Å²) in [5.41, 5.74) is 1.60. The van der Waals surface area contributed by atoms with Gasteiger partial charge in [0.25, 0.3) is 5.91 Å². The van der Waals surface area contributed by atoms with Crippen molar-refractivity contribution in [2.24, 2.45) is 0 Å². The average Bonchev–Trinajstić information content (AvgIpc) is 3.16. The molecule has 8 heteroatoms. The third kappa shape index (κ3) is 4.11. The molecule has 1 amide bonds. The van der Waals surface area contributed by atoms with Crippen molar-refractivity contribution in [1.29, 1.82) is 0 Å². The normalized spacial score (nSPS) is 11.2. The van der Waals surface area contributed by atoms with E-state index in [-0.39, 0.29) is 18.4 Å². The van der Waals surface area contributed by atoms with Crippen molar-refractivity contribution in [3.63, 3.8) is 0 Å². The van der Waals surface area contributed by atoms with E-state index in [4.69, 9.17) is 11.6 Å². The van der Waals surface area contributed by atoms with Gasteiger partial charge in [-0.2, -0.15) is 0 Å². The molecule has 0 aliphatic heterocycles. The topological polar surface area (TPSA) is 46.9 Å². The summed E-state index contributed by atoms with van der Waals surface area (Å²) in [5, 5.41) is 3.07. The minimum Gasteiger partial charge on any atom is -0.339 e. The summed E-state index contributed by atoms with van der Waals surface area (Å²) in [5.74, 6) is -1.47. The summed E-state index contributed by atoms with van der Waals surface area (Å²) in [6, 6.07) is 5.17. The first-order valence-electron chi connectivity index (χ1n) is 7.90. The van der Waals surface area contributed by atoms with Gasteiger partial charge in [0.1, 0.15) is 21.7 Å². The Kier molecular flexibility index (Phi) is 5.38. The molecule has 0 atom stereocenters. The third-order valence-electron chi connectivity index (χ3n) is 3.87. The van der Waals surface area contributed by atoms with Gasteiger partial charge in [-0.3, -0.25) is 10.1 Å². The van der Waals surface area contributed by atoms with Crippen LogP contribution in [0.1, 0.15) is 41.4 Å². The number of hydrogen-bond acceptors (Lipinski definition) is 3. The lowest BCUT2D eigenvalue weighted by atomic mass is 10.1. The number of carbonyl (C=O) groups is 1. The molecule has 0 aliphatic carbocycles. The Morgan fingerprint density at radius 3 is 2.73 bits per heavy atom. The number of rotatable bonds is 5. The van der Waals surface area contributed by atoms with Crippen LogP contribution in [0, 0.1) is 11.6 Å². The van der Waals surface area contributed by atoms with Crippen molar-refractivity contribution in [3.8, 4) is 0 Å². The maximum absolute atomic E-state index is 14.0. The molecule has 0 saturated heterocycles. The number of thiazole rings is 1. The van der Waals surface area contributed by atoms with Gasteiger partial charge in [-0.15, -0.1) is 0 Å². The second-order valence-electron chi connectivity index (χ2n) is 6.10. The predicted molar refractivity (Wildman–Crippen MR) is 99.1 cm³/mol. The van der Waals surface area contributed by atoms with Crippen LogP contribution in [0.3, 0.4) is 0 Å². The van der Waals surface area contributed by atoms with Crippen LogP contribution in [0.2, 0.25) is 4.34 Å². The van der Waals surface area contributed by atoms with Gasteiger partial charge in [0.05, 0.1) is 12.7 Å². The molecule has 0 fully saturated rings. The van der Waals surface area contributed by atoms with Gasteiger partial charge in [0.2, 0.25) is 0 Å². The van der Waals surface area contributed by atoms with Crippen LogP contribution >= 0.6 is 22.9 Å². The number of amides is 1. The van der Waals surface area contributed by atoms with E-state index >= 15 is 0 Å². The molecule has 0 unspecified atom stereocenters. The monoisotopic (exact) mass is 395 g/mol. The van der Waals surface area contributed by atoms with Crippen molar-refractivity contribution in [1.82, 2.24) is 9.55 Å². The van der Waals surface area contributed by atoms with E-state index in [1.165, 1.54) is 18.3 Å². The summed E-state index contributed by atoms with van der Waals surface area (Å²) in [7, 11) is 0. The molecular weight excluding hydrogens is 380 g/mol. The summed E-state index contributed by atoms with van der Waals surface area (Å²) in [6.45, 7) is 4.11. The smallest absolute Gasteiger partial charge is 0.274 e. The number of aromatic nitrogens is 2. The number of benzene rings is 1. The molecule has 26 heavy (non-hydrogen) atoms. The number of nitrogens with one attached hydrogen (secondary N) is 1. The lowest BCUT2D eigenvalue weighted by molar-refractivity contribution is 0.101. The largest absolute Gasteiger partial charge is 0.339 e. The van der Waals surface area contributed by atoms with Gasteiger partial charge < -0.3 is 4.57 Å². The molecule has 2 heterocycles. The summed E-state index contributed by atoms with van der Waals surface area (Å²) in [4.78, 5) is 16.7. The highest BCUT2D eigenvalue weighted by atomic mass is 35.5. The van der Waals surface area contributed by atoms with Crippen molar-refractivity contribution in [3.05, 3.63) is 69.5 Å². The minimum absolute atomic E-state index is 0.111. The highest BCUT2D eigenvalue weighted by Gasteiger charge is 2.18. The van der Waals surface area contributed by atoms with Crippen LogP contribution in [-0.4, -0.2) is 15.5 Å². The van der Waals surface area contributed by atoms with E-state index in [9.17, 15) is 13.6 Å². The number of nitrogens with zero attached hydrogens (tertiary/aromatic N) is 2. The van der Waals surface area contributed by atoms with Gasteiger partial charge in [-0.05, 0) is 23.6 Å². The molecule has 1 aromatic carbocycles. The Bertz CT molecular complexity index is 952. The standard InChI is InChI=1S/C18H16ClF2N3OS/c1-10(2)12-5-15(17(25)23-18-22-7-16(19)26-18)24(9-12)8-11-3-4-13(20)6-14(11)21/h3-7,9-10H,8H2,1-2H3,(H,22,23,25). The first kappa shape index (κ1) is 18.5. The molecule has 0 aliphatic rings. The first-order chi connectivity index (χ1) is 12.3. The van der Waals surface area contributed by atoms with Crippen LogP contribution in [0.25, 0.3) is 0 Å². The zero-order valence-electron chi connectivity index (χ0n) is 14.1. The molecule has 0 bridgehead atoms. The molecule has 136 valence electrons. The second kappa shape index (κ2) is 7.55. The molecule has 2 aromatic heterocycles. The Hall–Kier alpha value is -2.25. The van der Waals surface area contributed by atoms with Crippen LogP contribution < -0.4 is 5.32 Å². The Labute approximate surface area is 158 Å². The van der Waals surface area contributed by atoms with Gasteiger partial charge in [-0.1, -0.05) is 42.9 Å². The Morgan fingerprint density at radius 1 is 1.35 bits per heavy atom. The molecule has 0 spiro atoms. The second-order valence-corrected chi connectivity index (χ2v) is 7.76. The number of halogens is 3. The molecule has 0 radical (unpaired) electrons. The van der Waals surface area contributed by atoms with Crippen molar-refractivity contribution in [2.45, 2.75) is 26.3 Å². The lowest BCUT2D eigenvalue weighted by Crippen LogP contribution is -2.17. The third-order valence-corrected chi connectivity index (χ3v) is 4.90. The lowest BCUT2D eigenvalue weighted by Gasteiger charge is -2.10. The maximum Gasteiger partial charge on any atom is 0.274 e. The van der Waals surface area contributed by atoms with Gasteiger partial charge >= 0.3 is 0 Å². The number of hydrogen-bond donors (Lipinski definition) is 1. The highest BCUT2D eigenvalue weighted by molar-refractivity contribution is 7.19. The zero-order valence-corrected chi connectivity index (χ0v) is 15.7. The zero-order chi connectivity index (χ0) is 18.8. The quantitative estimate of drug-likeness (QED) is 0.637. The summed E-state index contributed by atoms with van der Waals surface area (Å²) >= 11 is 6.98. The van der Waals surface area contributed by atoms with Gasteiger partial charge in [-0.25, -0.2) is 13.8 Å². The van der Waals surface area contributed by atoms with E-state index < -0.39 is 11.6 Å². The van der Waals surface area contributed by atoms with E-state index in [0.717, 1.165) is 23.0 Å². The van der Waals surface area contributed by atoms with Gasteiger partial charge in [0, 0.05) is 17.8 Å². The predicted octanol–water partition coefficient (Wildman–Crippen LogP) is 5.30. The fraction of sp³-hybridized carbons (Fsp3) is 0.222. The van der Waals surface area contributed by atoms with E-state index in [2.05, 4.69) is 10.3 Å². The molecule has 3 aromatic rings. The molecule has 4 nitrogen and oxygen atoms in total. The van der Waals surface area contributed by atoms with Crippen molar-refractivity contribution >= 4 is 34.0 Å². The fourth-order valence-electron chi connectivity index (χ4n) is 2.48. The minimum atomic E-state index is -0.650. The van der Waals surface area contributed by atoms with E-state index in [0.29, 0.717) is 20.7 Å². The summed E-state index contributed by atoms with van der Waals surface area (Å²) < 4.78 is 29.2. The van der Waals surface area contributed by atoms with Crippen molar-refractivity contribution < 1.29 is 13.6 Å². The van der Waals surface area contributed by atoms with Crippen LogP contribution in [0.5, 0.6) is 0 Å². The first-order valence-corrected chi connectivity index (χ1v) is 9.09. The van der Waals surface area contributed by atoms with Crippen molar-refractivity contribution in [2.75, 3.05) is 5.32 Å². The van der Waals surface area contributed by atoms with Gasteiger partial charge in [0.15, 0.2) is 5.13 Å². The molecular formula is C18H16ClF2N3OS. The van der Waals surface area contributed by atoms with E-state index in [1.54, 1.807) is 16.8 Å². The Balaban J connectivity index is 1.92. The van der Waals surface area contributed by atoms with E-state index in [1.807, 2.05) is 13.8 Å². The molecule has 3 rings (SSSR count). The SMILES string of the molecule is CC(C)c1cc(C(=O)Nc2ncc(Cl)s2)n(Cc2ccc(F)cc2F)c1. The fourth-order valence-corrected chi connectivity index (χ4v) is 3.28. The number of carbonyl (C=O) groups excluding carboxylic acids is 1. The summed E-state index contributed by atoms with van der Waals surface area (Å²) in [6.07, 6.45) is 3.26. The highest BCUT2D eigenvalue weighted by Crippen LogP contribution is 2.25. The maximum atomic E-state index is 14.0.